The minimum absolute atomic E-state index is 0.170. The van der Waals surface area contributed by atoms with Crippen LogP contribution in [0.1, 0.15) is 18.8 Å². The molecule has 0 fully saturated rings. The van der Waals surface area contributed by atoms with Crippen LogP contribution in [0, 0.1) is 0 Å². The predicted octanol–water partition coefficient (Wildman–Crippen LogP) is 1.13. The lowest BCUT2D eigenvalue weighted by Crippen LogP contribution is -2.25. The van der Waals surface area contributed by atoms with Crippen molar-refractivity contribution < 1.29 is 4.74 Å². The van der Waals surface area contributed by atoms with Gasteiger partial charge in [0.1, 0.15) is 23.3 Å². The monoisotopic (exact) mass is 271 g/mol. The first-order valence-electron chi connectivity index (χ1n) is 6.11. The normalized spacial score (nSPS) is 12.5. The highest BCUT2D eigenvalue weighted by Gasteiger charge is 2.16. The van der Waals surface area contributed by atoms with E-state index < -0.39 is 0 Å². The van der Waals surface area contributed by atoms with E-state index in [9.17, 15) is 4.79 Å². The minimum atomic E-state index is -0.285. The lowest BCUT2D eigenvalue weighted by molar-refractivity contribution is 0.418. The molecule has 2 aromatic heterocycles. The Morgan fingerprint density at radius 1 is 1.35 bits per heavy atom. The molecule has 0 aliphatic rings. The van der Waals surface area contributed by atoms with Crippen molar-refractivity contribution in [2.45, 2.75) is 13.0 Å². The number of fused-ring (bicyclic) bond motifs is 1. The smallest absolute Gasteiger partial charge is 0.265 e. The Morgan fingerprint density at radius 3 is 2.90 bits per heavy atom. The van der Waals surface area contributed by atoms with Crippen LogP contribution in [-0.4, -0.2) is 31.8 Å². The summed E-state index contributed by atoms with van der Waals surface area (Å²) in [4.78, 5) is 21.0. The fourth-order valence-corrected chi connectivity index (χ4v) is 2.14. The van der Waals surface area contributed by atoms with Crippen LogP contribution in [0.15, 0.2) is 35.6 Å². The maximum Gasteiger partial charge on any atom is 0.265 e. The lowest BCUT2D eigenvalue weighted by atomic mass is 10.2. The first-order chi connectivity index (χ1) is 9.72. The van der Waals surface area contributed by atoms with Gasteiger partial charge in [-0.05, 0) is 19.1 Å². The second-order valence-corrected chi connectivity index (χ2v) is 4.36. The second-order valence-electron chi connectivity index (χ2n) is 4.36. The topological polar surface area (TPSA) is 85.7 Å². The number of benzene rings is 1. The molecule has 0 saturated heterocycles. The maximum absolute atomic E-state index is 12.6. The Hall–Kier alpha value is -2.70. The van der Waals surface area contributed by atoms with Gasteiger partial charge >= 0.3 is 0 Å². The Balaban J connectivity index is 2.23. The molecular formula is C13H13N5O2. The summed E-state index contributed by atoms with van der Waals surface area (Å²) in [5, 5.41) is 7.02. The number of hydrogen-bond donors (Lipinski definition) is 1. The van der Waals surface area contributed by atoms with E-state index in [1.165, 1.54) is 24.3 Å². The number of methoxy groups -OCH3 is 1. The molecule has 20 heavy (non-hydrogen) atoms. The summed E-state index contributed by atoms with van der Waals surface area (Å²) in [5.74, 6) is 1.11. The van der Waals surface area contributed by atoms with Crippen LogP contribution in [-0.2, 0) is 0 Å². The van der Waals surface area contributed by atoms with Crippen LogP contribution in [0.25, 0.3) is 10.9 Å². The molecule has 0 saturated carbocycles. The molecular weight excluding hydrogens is 258 g/mol. The molecule has 2 heterocycles. The van der Waals surface area contributed by atoms with Crippen LogP contribution < -0.4 is 10.3 Å². The number of aromatic amines is 1. The molecule has 0 radical (unpaired) electrons. The van der Waals surface area contributed by atoms with E-state index in [-0.39, 0.29) is 11.6 Å². The van der Waals surface area contributed by atoms with Crippen LogP contribution in [0.3, 0.4) is 0 Å². The highest BCUT2D eigenvalue weighted by molar-refractivity contribution is 5.83. The van der Waals surface area contributed by atoms with E-state index in [1.54, 1.807) is 18.2 Å². The van der Waals surface area contributed by atoms with Crippen molar-refractivity contribution in [3.63, 3.8) is 0 Å². The summed E-state index contributed by atoms with van der Waals surface area (Å²) in [6, 6.07) is 5.04. The number of aromatic nitrogens is 5. The molecule has 0 amide bonds. The van der Waals surface area contributed by atoms with Gasteiger partial charge in [0.25, 0.3) is 5.56 Å². The Labute approximate surface area is 114 Å². The zero-order chi connectivity index (χ0) is 14.1. The number of H-pyrrole nitrogens is 1. The Kier molecular flexibility index (Phi) is 2.94. The molecule has 0 aliphatic carbocycles. The first kappa shape index (κ1) is 12.3. The van der Waals surface area contributed by atoms with Crippen molar-refractivity contribution >= 4 is 10.9 Å². The SMILES string of the molecule is COc1cccc2ncn(C(C)c3ncn[nH]3)c(=O)c12. The van der Waals surface area contributed by atoms with Crippen molar-refractivity contribution in [2.75, 3.05) is 7.11 Å². The van der Waals surface area contributed by atoms with Gasteiger partial charge in [-0.15, -0.1) is 0 Å². The van der Waals surface area contributed by atoms with Gasteiger partial charge in [-0.25, -0.2) is 9.97 Å². The summed E-state index contributed by atoms with van der Waals surface area (Å²) in [5.41, 5.74) is 0.437. The summed E-state index contributed by atoms with van der Waals surface area (Å²) >= 11 is 0. The van der Waals surface area contributed by atoms with Crippen molar-refractivity contribution in [3.05, 3.63) is 47.0 Å². The van der Waals surface area contributed by atoms with Gasteiger partial charge < -0.3 is 4.74 Å². The van der Waals surface area contributed by atoms with Crippen LogP contribution in [0.5, 0.6) is 5.75 Å². The molecule has 7 heteroatoms. The average Bonchev–Trinajstić information content (AvgIpc) is 3.00. The van der Waals surface area contributed by atoms with Gasteiger partial charge in [-0.1, -0.05) is 6.07 Å². The maximum atomic E-state index is 12.6. The molecule has 0 bridgehead atoms. The third-order valence-corrected chi connectivity index (χ3v) is 3.24. The quantitative estimate of drug-likeness (QED) is 0.771. The zero-order valence-electron chi connectivity index (χ0n) is 11.1. The predicted molar refractivity (Wildman–Crippen MR) is 72.8 cm³/mol. The first-order valence-corrected chi connectivity index (χ1v) is 6.11. The number of hydrogen-bond acceptors (Lipinski definition) is 5. The summed E-state index contributed by atoms with van der Waals surface area (Å²) in [6.07, 6.45) is 2.92. The van der Waals surface area contributed by atoms with E-state index in [1.807, 2.05) is 6.92 Å². The molecule has 3 rings (SSSR count). The van der Waals surface area contributed by atoms with Crippen LogP contribution in [0.4, 0.5) is 0 Å². The van der Waals surface area contributed by atoms with Crippen LogP contribution >= 0.6 is 0 Å². The molecule has 0 aliphatic heterocycles. The standard InChI is InChI=1S/C13H13N5O2/c1-8(12-14-6-16-17-12)18-7-15-9-4-3-5-10(20-2)11(9)13(18)19/h3-8H,1-2H3,(H,14,16,17). The van der Waals surface area contributed by atoms with Gasteiger partial charge in [0.2, 0.25) is 0 Å². The number of rotatable bonds is 3. The third kappa shape index (κ3) is 1.83. The number of nitrogens with one attached hydrogen (secondary N) is 1. The van der Waals surface area contributed by atoms with E-state index >= 15 is 0 Å². The molecule has 3 aromatic rings. The van der Waals surface area contributed by atoms with Crippen molar-refractivity contribution in [1.29, 1.82) is 0 Å². The fraction of sp³-hybridized carbons (Fsp3) is 0.231. The fourth-order valence-electron chi connectivity index (χ4n) is 2.14. The average molecular weight is 271 g/mol. The molecule has 1 atom stereocenters. The van der Waals surface area contributed by atoms with E-state index in [0.717, 1.165) is 0 Å². The summed E-state index contributed by atoms with van der Waals surface area (Å²) < 4.78 is 6.75. The highest BCUT2D eigenvalue weighted by Crippen LogP contribution is 2.21. The number of ether oxygens (including phenoxy) is 1. The third-order valence-electron chi connectivity index (χ3n) is 3.24. The largest absolute Gasteiger partial charge is 0.496 e. The molecule has 1 aromatic carbocycles. The molecule has 7 nitrogen and oxygen atoms in total. The van der Waals surface area contributed by atoms with Gasteiger partial charge in [0, 0.05) is 0 Å². The minimum Gasteiger partial charge on any atom is -0.496 e. The Morgan fingerprint density at radius 2 is 2.20 bits per heavy atom. The Bertz CT molecular complexity index is 794. The van der Waals surface area contributed by atoms with Gasteiger partial charge in [0.05, 0.1) is 25.0 Å². The highest BCUT2D eigenvalue weighted by atomic mass is 16.5. The molecule has 1 unspecified atom stereocenters. The molecule has 102 valence electrons. The van der Waals surface area contributed by atoms with E-state index in [0.29, 0.717) is 22.5 Å². The van der Waals surface area contributed by atoms with Gasteiger partial charge in [0.15, 0.2) is 0 Å². The van der Waals surface area contributed by atoms with Crippen molar-refractivity contribution in [1.82, 2.24) is 24.7 Å². The molecule has 0 spiro atoms. The van der Waals surface area contributed by atoms with E-state index in [4.69, 9.17) is 4.74 Å². The van der Waals surface area contributed by atoms with Crippen LogP contribution in [0.2, 0.25) is 0 Å². The van der Waals surface area contributed by atoms with Crippen molar-refractivity contribution in [2.24, 2.45) is 0 Å². The summed E-state index contributed by atoms with van der Waals surface area (Å²) in [7, 11) is 1.53. The molecule has 1 N–H and O–H groups in total. The van der Waals surface area contributed by atoms with Gasteiger partial charge in [-0.2, -0.15) is 5.10 Å². The van der Waals surface area contributed by atoms with Crippen molar-refractivity contribution in [3.8, 4) is 5.75 Å². The van der Waals surface area contributed by atoms with E-state index in [2.05, 4.69) is 20.2 Å². The zero-order valence-corrected chi connectivity index (χ0v) is 11.1. The lowest BCUT2D eigenvalue weighted by Gasteiger charge is -2.13. The summed E-state index contributed by atoms with van der Waals surface area (Å²) in [6.45, 7) is 1.85. The van der Waals surface area contributed by atoms with Gasteiger partial charge in [-0.3, -0.25) is 14.5 Å². The second kappa shape index (κ2) is 4.76. The number of nitrogens with zero attached hydrogens (tertiary/aromatic N) is 4.